The molecular weight excluding hydrogens is 242 g/mol. The highest BCUT2D eigenvalue weighted by Crippen LogP contribution is 2.19. The third-order valence-electron chi connectivity index (χ3n) is 2.76. The van der Waals surface area contributed by atoms with Gasteiger partial charge in [-0.25, -0.2) is 14.3 Å². The molecule has 1 aliphatic heterocycles. The van der Waals surface area contributed by atoms with E-state index in [0.29, 0.717) is 0 Å². The van der Waals surface area contributed by atoms with Gasteiger partial charge in [0, 0.05) is 20.0 Å². The Morgan fingerprint density at radius 2 is 2.28 bits per heavy atom. The van der Waals surface area contributed by atoms with Gasteiger partial charge in [-0.1, -0.05) is 0 Å². The Kier molecular flexibility index (Phi) is 3.15. The summed E-state index contributed by atoms with van der Waals surface area (Å²) in [6.45, 7) is -0.0132. The van der Waals surface area contributed by atoms with E-state index >= 15 is 0 Å². The quantitative estimate of drug-likeness (QED) is 0.614. The summed E-state index contributed by atoms with van der Waals surface area (Å²) in [5, 5.41) is 24.6. The van der Waals surface area contributed by atoms with Crippen molar-refractivity contribution in [2.75, 3.05) is 11.9 Å². The van der Waals surface area contributed by atoms with Crippen molar-refractivity contribution < 1.29 is 19.8 Å². The first-order valence-corrected chi connectivity index (χ1v) is 5.31. The third kappa shape index (κ3) is 2.25. The zero-order valence-electron chi connectivity index (χ0n) is 9.65. The number of carbonyl (C=O) groups excluding carboxylic acids is 1. The van der Waals surface area contributed by atoms with E-state index in [0.717, 1.165) is 4.90 Å². The largest absolute Gasteiger partial charge is 0.480 e. The van der Waals surface area contributed by atoms with Crippen LogP contribution in [0, 0.1) is 0 Å². The second-order valence-electron chi connectivity index (χ2n) is 4.03. The van der Waals surface area contributed by atoms with Gasteiger partial charge in [0.25, 0.3) is 0 Å². The lowest BCUT2D eigenvalue weighted by atomic mass is 10.2. The molecule has 2 rings (SSSR count). The third-order valence-corrected chi connectivity index (χ3v) is 2.76. The molecular formula is C9H13N5O4. The van der Waals surface area contributed by atoms with Gasteiger partial charge >= 0.3 is 12.0 Å². The van der Waals surface area contributed by atoms with Crippen molar-refractivity contribution in [3.05, 3.63) is 6.33 Å². The van der Waals surface area contributed by atoms with E-state index in [-0.39, 0.29) is 18.9 Å². The molecule has 2 heterocycles. The molecule has 0 unspecified atom stereocenters. The number of carbonyl (C=O) groups is 2. The normalized spacial score (nSPS) is 23.1. The number of hydrogen-bond acceptors (Lipinski definition) is 5. The zero-order chi connectivity index (χ0) is 13.3. The highest BCUT2D eigenvalue weighted by Gasteiger charge is 2.39. The van der Waals surface area contributed by atoms with Crippen LogP contribution >= 0.6 is 0 Å². The highest BCUT2D eigenvalue weighted by molar-refractivity contribution is 5.91. The molecule has 1 aliphatic rings. The van der Waals surface area contributed by atoms with Crippen LogP contribution in [0.15, 0.2) is 6.33 Å². The number of anilines is 1. The lowest BCUT2D eigenvalue weighted by Crippen LogP contribution is -2.43. The van der Waals surface area contributed by atoms with Crippen molar-refractivity contribution in [2.45, 2.75) is 18.6 Å². The van der Waals surface area contributed by atoms with Gasteiger partial charge in [0.15, 0.2) is 0 Å². The predicted molar refractivity (Wildman–Crippen MR) is 58.8 cm³/mol. The van der Waals surface area contributed by atoms with Gasteiger partial charge in [-0.2, -0.15) is 10.1 Å². The molecule has 1 fully saturated rings. The first-order chi connectivity index (χ1) is 8.49. The zero-order valence-corrected chi connectivity index (χ0v) is 9.65. The molecule has 1 aromatic heterocycles. The SMILES string of the molecule is Cn1ncnc1NC(=O)N1C[C@H](O)C[C@@H]1C(=O)O. The number of aliphatic hydroxyl groups excluding tert-OH is 1. The average Bonchev–Trinajstić information content (AvgIpc) is 2.86. The van der Waals surface area contributed by atoms with Crippen molar-refractivity contribution in [3.8, 4) is 0 Å². The van der Waals surface area contributed by atoms with Gasteiger partial charge in [-0.05, 0) is 0 Å². The highest BCUT2D eigenvalue weighted by atomic mass is 16.4. The molecule has 0 saturated carbocycles. The number of amides is 2. The fourth-order valence-electron chi connectivity index (χ4n) is 1.85. The van der Waals surface area contributed by atoms with Crippen LogP contribution in [0.3, 0.4) is 0 Å². The van der Waals surface area contributed by atoms with Gasteiger partial charge in [0.1, 0.15) is 12.4 Å². The Morgan fingerprint density at radius 1 is 1.56 bits per heavy atom. The molecule has 3 N–H and O–H groups in total. The lowest BCUT2D eigenvalue weighted by molar-refractivity contribution is -0.141. The van der Waals surface area contributed by atoms with Crippen LogP contribution in [0.4, 0.5) is 10.7 Å². The molecule has 0 radical (unpaired) electrons. The Balaban J connectivity index is 2.09. The number of aromatic nitrogens is 3. The van der Waals surface area contributed by atoms with Crippen molar-refractivity contribution >= 4 is 17.9 Å². The number of carboxylic acids is 1. The minimum Gasteiger partial charge on any atom is -0.480 e. The number of nitrogens with one attached hydrogen (secondary N) is 1. The number of aryl methyl sites for hydroxylation is 1. The summed E-state index contributed by atoms with van der Waals surface area (Å²) in [4.78, 5) is 27.7. The topological polar surface area (TPSA) is 121 Å². The van der Waals surface area contributed by atoms with E-state index in [1.165, 1.54) is 11.0 Å². The Labute approximate surface area is 102 Å². The molecule has 0 spiro atoms. The summed E-state index contributed by atoms with van der Waals surface area (Å²) >= 11 is 0. The van der Waals surface area contributed by atoms with Crippen molar-refractivity contribution in [2.24, 2.45) is 7.05 Å². The fourth-order valence-corrected chi connectivity index (χ4v) is 1.85. The first-order valence-electron chi connectivity index (χ1n) is 5.31. The maximum atomic E-state index is 11.9. The van der Waals surface area contributed by atoms with E-state index in [4.69, 9.17) is 5.11 Å². The molecule has 1 saturated heterocycles. The van der Waals surface area contributed by atoms with Crippen LogP contribution in [0.1, 0.15) is 6.42 Å². The van der Waals surface area contributed by atoms with Gasteiger partial charge in [0.2, 0.25) is 5.95 Å². The molecule has 0 bridgehead atoms. The Morgan fingerprint density at radius 3 is 2.83 bits per heavy atom. The predicted octanol–water partition coefficient (Wildman–Crippen LogP) is -1.13. The van der Waals surface area contributed by atoms with Crippen molar-refractivity contribution in [1.29, 1.82) is 0 Å². The average molecular weight is 255 g/mol. The maximum Gasteiger partial charge on any atom is 0.326 e. The van der Waals surface area contributed by atoms with Crippen molar-refractivity contribution in [1.82, 2.24) is 19.7 Å². The smallest absolute Gasteiger partial charge is 0.326 e. The number of urea groups is 1. The minimum atomic E-state index is -1.14. The standard InChI is InChI=1S/C9H13N5O4/c1-13-8(10-4-11-13)12-9(18)14-3-5(15)2-6(14)7(16)17/h4-6,15H,2-3H2,1H3,(H,16,17)(H,10,11,12,18)/t5-,6-/m1/s1. The summed E-state index contributed by atoms with van der Waals surface area (Å²) in [6, 6.07) is -1.64. The van der Waals surface area contributed by atoms with Crippen LogP contribution in [0.5, 0.6) is 0 Å². The molecule has 0 aromatic carbocycles. The molecule has 9 heteroatoms. The van der Waals surface area contributed by atoms with Crippen LogP contribution in [0.25, 0.3) is 0 Å². The van der Waals surface area contributed by atoms with Gasteiger partial charge in [-0.15, -0.1) is 0 Å². The molecule has 2 atom stereocenters. The van der Waals surface area contributed by atoms with Gasteiger partial charge in [0.05, 0.1) is 6.10 Å². The number of aliphatic hydroxyl groups is 1. The van der Waals surface area contributed by atoms with Crippen LogP contribution in [-0.2, 0) is 11.8 Å². The van der Waals surface area contributed by atoms with Gasteiger partial charge in [-0.3, -0.25) is 5.32 Å². The lowest BCUT2D eigenvalue weighted by Gasteiger charge is -2.20. The molecule has 0 aliphatic carbocycles. The second-order valence-corrected chi connectivity index (χ2v) is 4.03. The summed E-state index contributed by atoms with van der Waals surface area (Å²) in [5.41, 5.74) is 0. The first kappa shape index (κ1) is 12.3. The minimum absolute atomic E-state index is 0.0132. The van der Waals surface area contributed by atoms with Crippen molar-refractivity contribution in [3.63, 3.8) is 0 Å². The number of β-amino-alcohol motifs (C(OH)–C–C–N with tert-alkyl or cyclic N) is 1. The molecule has 18 heavy (non-hydrogen) atoms. The van der Waals surface area contributed by atoms with Crippen LogP contribution in [-0.4, -0.2) is 60.6 Å². The van der Waals surface area contributed by atoms with Gasteiger partial charge < -0.3 is 15.1 Å². The molecule has 9 nitrogen and oxygen atoms in total. The molecule has 98 valence electrons. The summed E-state index contributed by atoms with van der Waals surface area (Å²) in [6.07, 6.45) is 0.473. The monoisotopic (exact) mass is 255 g/mol. The number of nitrogens with zero attached hydrogens (tertiary/aromatic N) is 4. The second kappa shape index (κ2) is 4.61. The van der Waals surface area contributed by atoms with Crippen LogP contribution < -0.4 is 5.32 Å². The van der Waals surface area contributed by atoms with E-state index < -0.39 is 24.1 Å². The summed E-state index contributed by atoms with van der Waals surface area (Å²) < 4.78 is 1.35. The Hall–Kier alpha value is -2.16. The van der Waals surface area contributed by atoms with E-state index in [9.17, 15) is 14.7 Å². The fraction of sp³-hybridized carbons (Fsp3) is 0.556. The van der Waals surface area contributed by atoms with E-state index in [1.807, 2.05) is 0 Å². The Bertz CT molecular complexity index is 473. The van der Waals surface area contributed by atoms with E-state index in [2.05, 4.69) is 15.4 Å². The number of aliphatic carboxylic acids is 1. The number of hydrogen-bond donors (Lipinski definition) is 3. The molecule has 1 aromatic rings. The number of likely N-dealkylation sites (tertiary alicyclic amines) is 1. The molecule has 2 amide bonds. The summed E-state index contributed by atoms with van der Waals surface area (Å²) in [5.74, 6) is -0.926. The summed E-state index contributed by atoms with van der Waals surface area (Å²) in [7, 11) is 1.59. The number of rotatable bonds is 2. The maximum absolute atomic E-state index is 11.9. The number of carboxylic acid groups (broad SMARTS) is 1. The van der Waals surface area contributed by atoms with Crippen LogP contribution in [0.2, 0.25) is 0 Å². The van der Waals surface area contributed by atoms with E-state index in [1.54, 1.807) is 7.05 Å².